The number of hydrogen-bond acceptors (Lipinski definition) is 2. The molecule has 21 heavy (non-hydrogen) atoms. The topological polar surface area (TPSA) is 54.4 Å². The third kappa shape index (κ3) is 2.18. The van der Waals surface area contributed by atoms with Gasteiger partial charge in [0.05, 0.1) is 5.41 Å². The van der Waals surface area contributed by atoms with Crippen LogP contribution < -0.4 is 0 Å². The Morgan fingerprint density at radius 1 is 1.33 bits per heavy atom. The van der Waals surface area contributed by atoms with E-state index in [4.69, 9.17) is 0 Å². The molecule has 0 aromatic carbocycles. The molecule has 1 N–H and O–H groups in total. The van der Waals surface area contributed by atoms with Crippen LogP contribution in [0.25, 0.3) is 0 Å². The highest BCUT2D eigenvalue weighted by Crippen LogP contribution is 2.56. The van der Waals surface area contributed by atoms with Crippen molar-refractivity contribution in [2.45, 2.75) is 45.4 Å². The molecule has 0 heterocycles. The summed E-state index contributed by atoms with van der Waals surface area (Å²) in [7, 11) is 0. The fourth-order valence-electron chi connectivity index (χ4n) is 5.11. The molecule has 3 rings (SSSR count). The van der Waals surface area contributed by atoms with Crippen molar-refractivity contribution in [3.05, 3.63) is 24.3 Å². The lowest BCUT2D eigenvalue weighted by atomic mass is 9.51. The van der Waals surface area contributed by atoms with E-state index in [0.717, 1.165) is 32.1 Å². The van der Waals surface area contributed by atoms with E-state index in [1.54, 1.807) is 0 Å². The van der Waals surface area contributed by atoms with Crippen LogP contribution in [0.2, 0.25) is 0 Å². The Morgan fingerprint density at radius 3 is 2.76 bits per heavy atom. The van der Waals surface area contributed by atoms with E-state index < -0.39 is 11.4 Å². The Hall–Kier alpha value is -1.38. The standard InChI is InChI=1S/C18H24O3/c1-3-16-15-6-4-11-10-12(19)5-7-13(11)14(15)8-9-18(16,2)17(20)21/h3,10,13-16H,1,4-9H2,2H3,(H,20,21). The van der Waals surface area contributed by atoms with Crippen molar-refractivity contribution >= 4 is 11.8 Å². The van der Waals surface area contributed by atoms with E-state index >= 15 is 0 Å². The molecule has 2 fully saturated rings. The summed E-state index contributed by atoms with van der Waals surface area (Å²) in [5.74, 6) is 1.08. The Bertz CT molecular complexity index is 519. The van der Waals surface area contributed by atoms with Crippen LogP contribution >= 0.6 is 0 Å². The van der Waals surface area contributed by atoms with E-state index in [-0.39, 0.29) is 11.7 Å². The van der Waals surface area contributed by atoms with E-state index in [9.17, 15) is 14.7 Å². The van der Waals surface area contributed by atoms with Crippen LogP contribution in [-0.2, 0) is 9.59 Å². The third-order valence-electron chi connectivity index (χ3n) is 6.29. The van der Waals surface area contributed by atoms with E-state index in [1.807, 2.05) is 19.1 Å². The van der Waals surface area contributed by atoms with Crippen LogP contribution in [0.1, 0.15) is 45.4 Å². The van der Waals surface area contributed by atoms with Gasteiger partial charge in [-0.15, -0.1) is 6.58 Å². The minimum absolute atomic E-state index is 0.0490. The molecule has 3 heteroatoms. The summed E-state index contributed by atoms with van der Waals surface area (Å²) in [6.07, 6.45) is 9.02. The van der Waals surface area contributed by atoms with Crippen LogP contribution in [0.4, 0.5) is 0 Å². The summed E-state index contributed by atoms with van der Waals surface area (Å²) in [4.78, 5) is 23.4. The molecule has 2 saturated carbocycles. The number of ketones is 1. The van der Waals surface area contributed by atoms with Crippen molar-refractivity contribution in [2.24, 2.45) is 29.1 Å². The van der Waals surface area contributed by atoms with Gasteiger partial charge in [-0.2, -0.15) is 0 Å². The molecule has 0 radical (unpaired) electrons. The van der Waals surface area contributed by atoms with E-state index in [1.165, 1.54) is 5.57 Å². The Balaban J connectivity index is 1.91. The van der Waals surface area contributed by atoms with E-state index in [0.29, 0.717) is 24.2 Å². The van der Waals surface area contributed by atoms with Crippen molar-refractivity contribution < 1.29 is 14.7 Å². The molecular weight excluding hydrogens is 264 g/mol. The molecule has 0 spiro atoms. The second-order valence-corrected chi connectivity index (χ2v) is 7.22. The number of carboxylic acid groups (broad SMARTS) is 1. The Labute approximate surface area is 126 Å². The molecule has 3 aliphatic carbocycles. The summed E-state index contributed by atoms with van der Waals surface area (Å²) >= 11 is 0. The molecule has 0 aliphatic heterocycles. The molecule has 0 aromatic heterocycles. The molecular formula is C18H24O3. The largest absolute Gasteiger partial charge is 0.481 e. The molecule has 0 bridgehead atoms. The van der Waals surface area contributed by atoms with Crippen LogP contribution in [0.15, 0.2) is 24.3 Å². The molecule has 0 aromatic rings. The first-order chi connectivity index (χ1) is 9.97. The molecule has 0 saturated heterocycles. The highest BCUT2D eigenvalue weighted by atomic mass is 16.4. The maximum atomic E-state index is 11.7. The molecule has 5 atom stereocenters. The minimum atomic E-state index is -0.689. The fraction of sp³-hybridized carbons (Fsp3) is 0.667. The van der Waals surface area contributed by atoms with Gasteiger partial charge in [0.1, 0.15) is 0 Å². The number of carbonyl (C=O) groups is 2. The normalized spacial score (nSPS) is 42.5. The average Bonchev–Trinajstić information content (AvgIpc) is 2.46. The first-order valence-corrected chi connectivity index (χ1v) is 8.06. The van der Waals surface area contributed by atoms with Gasteiger partial charge in [0.2, 0.25) is 0 Å². The quantitative estimate of drug-likeness (QED) is 0.790. The highest BCUT2D eigenvalue weighted by Gasteiger charge is 2.52. The number of hydrogen-bond donors (Lipinski definition) is 1. The summed E-state index contributed by atoms with van der Waals surface area (Å²) in [6, 6.07) is 0. The summed E-state index contributed by atoms with van der Waals surface area (Å²) in [6.45, 7) is 5.82. The summed E-state index contributed by atoms with van der Waals surface area (Å²) in [5, 5.41) is 9.65. The van der Waals surface area contributed by atoms with Gasteiger partial charge in [-0.05, 0) is 68.8 Å². The number of aliphatic carboxylic acids is 1. The Kier molecular flexibility index (Phi) is 3.54. The number of allylic oxidation sites excluding steroid dienone is 3. The van der Waals surface area contributed by atoms with Gasteiger partial charge in [0.25, 0.3) is 0 Å². The lowest BCUT2D eigenvalue weighted by Gasteiger charge is -2.52. The Morgan fingerprint density at radius 2 is 2.10 bits per heavy atom. The second-order valence-electron chi connectivity index (χ2n) is 7.22. The lowest BCUT2D eigenvalue weighted by molar-refractivity contribution is -0.156. The molecule has 0 amide bonds. The maximum absolute atomic E-state index is 11.7. The smallest absolute Gasteiger partial charge is 0.309 e. The van der Waals surface area contributed by atoms with Gasteiger partial charge >= 0.3 is 5.97 Å². The van der Waals surface area contributed by atoms with Crippen molar-refractivity contribution in [3.8, 4) is 0 Å². The minimum Gasteiger partial charge on any atom is -0.481 e. The van der Waals surface area contributed by atoms with Gasteiger partial charge < -0.3 is 5.11 Å². The van der Waals surface area contributed by atoms with Crippen LogP contribution in [0, 0.1) is 29.1 Å². The predicted octanol–water partition coefficient (Wildman–Crippen LogP) is 3.61. The number of fused-ring (bicyclic) bond motifs is 3. The van der Waals surface area contributed by atoms with Crippen LogP contribution in [0.5, 0.6) is 0 Å². The van der Waals surface area contributed by atoms with Gasteiger partial charge in [0, 0.05) is 6.42 Å². The monoisotopic (exact) mass is 288 g/mol. The van der Waals surface area contributed by atoms with Crippen molar-refractivity contribution in [3.63, 3.8) is 0 Å². The first-order valence-electron chi connectivity index (χ1n) is 8.06. The number of carboxylic acids is 1. The lowest BCUT2D eigenvalue weighted by Crippen LogP contribution is -2.49. The summed E-state index contributed by atoms with van der Waals surface area (Å²) in [5.41, 5.74) is 0.656. The van der Waals surface area contributed by atoms with Crippen LogP contribution in [-0.4, -0.2) is 16.9 Å². The van der Waals surface area contributed by atoms with Crippen molar-refractivity contribution in [1.82, 2.24) is 0 Å². The molecule has 114 valence electrons. The zero-order valence-electron chi connectivity index (χ0n) is 12.7. The molecule has 3 aliphatic rings. The maximum Gasteiger partial charge on any atom is 0.309 e. The zero-order chi connectivity index (χ0) is 15.2. The van der Waals surface area contributed by atoms with Crippen LogP contribution in [0.3, 0.4) is 0 Å². The van der Waals surface area contributed by atoms with Gasteiger partial charge in [-0.25, -0.2) is 0 Å². The SMILES string of the molecule is C=CC1C2CCC3=CC(=O)CCC3C2CCC1(C)C(=O)O. The van der Waals surface area contributed by atoms with Crippen molar-refractivity contribution in [2.75, 3.05) is 0 Å². The first kappa shape index (κ1) is 14.6. The predicted molar refractivity (Wildman–Crippen MR) is 80.7 cm³/mol. The summed E-state index contributed by atoms with van der Waals surface area (Å²) < 4.78 is 0. The number of carbonyl (C=O) groups excluding carboxylic acids is 1. The van der Waals surface area contributed by atoms with E-state index in [2.05, 4.69) is 6.58 Å². The number of rotatable bonds is 2. The highest BCUT2D eigenvalue weighted by molar-refractivity contribution is 5.91. The fourth-order valence-corrected chi connectivity index (χ4v) is 5.11. The third-order valence-corrected chi connectivity index (χ3v) is 6.29. The van der Waals surface area contributed by atoms with Gasteiger partial charge in [-0.3, -0.25) is 9.59 Å². The van der Waals surface area contributed by atoms with Gasteiger partial charge in [0.15, 0.2) is 5.78 Å². The molecule has 3 nitrogen and oxygen atoms in total. The van der Waals surface area contributed by atoms with Gasteiger partial charge in [-0.1, -0.05) is 11.6 Å². The zero-order valence-corrected chi connectivity index (χ0v) is 12.7. The molecule has 5 unspecified atom stereocenters. The second kappa shape index (κ2) is 5.11. The van der Waals surface area contributed by atoms with Crippen molar-refractivity contribution in [1.29, 1.82) is 0 Å². The average molecular weight is 288 g/mol.